The van der Waals surface area contributed by atoms with Gasteiger partial charge in [-0.25, -0.2) is 4.98 Å². The van der Waals surface area contributed by atoms with Gasteiger partial charge in [0.25, 0.3) is 0 Å². The molecular weight excluding hydrogens is 355 g/mol. The number of hydrogen-bond donors (Lipinski definition) is 1. The molecule has 2 aromatic heterocycles. The molecule has 0 bridgehead atoms. The third kappa shape index (κ3) is 2.78. The Morgan fingerprint density at radius 1 is 1.24 bits per heavy atom. The lowest BCUT2D eigenvalue weighted by molar-refractivity contribution is 0.344. The molecule has 0 aliphatic carbocycles. The zero-order valence-electron chi connectivity index (χ0n) is 13.4. The number of nitrogens with one attached hydrogen (secondary N) is 1. The predicted octanol–water partition coefficient (Wildman–Crippen LogP) is 5.35. The Morgan fingerprint density at radius 3 is 2.92 bits per heavy atom. The number of fused-ring (bicyclic) bond motifs is 3. The van der Waals surface area contributed by atoms with E-state index in [4.69, 9.17) is 16.3 Å². The van der Waals surface area contributed by atoms with Crippen molar-refractivity contribution in [2.24, 2.45) is 0 Å². The van der Waals surface area contributed by atoms with Crippen LogP contribution in [0.25, 0.3) is 33.1 Å². The highest BCUT2D eigenvalue weighted by Gasteiger charge is 2.16. The van der Waals surface area contributed by atoms with Gasteiger partial charge in [-0.05, 0) is 48.4 Å². The number of rotatable bonds is 4. The average Bonchev–Trinajstić information content (AvgIpc) is 3.01. The third-order valence-corrected chi connectivity index (χ3v) is 4.79. The summed E-state index contributed by atoms with van der Waals surface area (Å²) in [5.74, 6) is 0.772. The van der Waals surface area contributed by atoms with Crippen LogP contribution in [0.15, 0.2) is 48.7 Å². The summed E-state index contributed by atoms with van der Waals surface area (Å²) in [6.45, 7) is 2.52. The maximum absolute atomic E-state index is 11.2. The number of aromatic nitrogens is 2. The molecule has 6 heteroatoms. The SMILES string of the molecule is CCOc1ccc(-c2cccc(P=O)c2)c2c1[nH]c1ncc(Cl)cc12. The number of H-pyrrole nitrogens is 1. The maximum Gasteiger partial charge on any atom is 0.192 e. The Labute approximate surface area is 151 Å². The first-order valence-corrected chi connectivity index (χ1v) is 9.07. The number of aromatic amines is 1. The monoisotopic (exact) mass is 368 g/mol. The van der Waals surface area contributed by atoms with Crippen LogP contribution < -0.4 is 10.0 Å². The lowest BCUT2D eigenvalue weighted by atomic mass is 9.99. The van der Waals surface area contributed by atoms with Gasteiger partial charge < -0.3 is 9.72 Å². The van der Waals surface area contributed by atoms with Crippen LogP contribution in [0.3, 0.4) is 0 Å². The number of halogens is 1. The van der Waals surface area contributed by atoms with Crippen LogP contribution in [0.1, 0.15) is 6.92 Å². The van der Waals surface area contributed by atoms with Crippen molar-refractivity contribution in [1.82, 2.24) is 9.97 Å². The van der Waals surface area contributed by atoms with E-state index in [9.17, 15) is 4.57 Å². The Bertz CT molecular complexity index is 1110. The lowest BCUT2D eigenvalue weighted by Crippen LogP contribution is -1.94. The molecule has 0 radical (unpaired) electrons. The van der Waals surface area contributed by atoms with Crippen molar-refractivity contribution in [1.29, 1.82) is 0 Å². The molecule has 4 aromatic rings. The highest BCUT2D eigenvalue weighted by Crippen LogP contribution is 2.39. The number of ether oxygens (including phenoxy) is 1. The molecular formula is C19H14ClN2O2P. The second-order valence-electron chi connectivity index (χ2n) is 5.61. The van der Waals surface area contributed by atoms with Crippen molar-refractivity contribution in [3.05, 3.63) is 53.7 Å². The topological polar surface area (TPSA) is 55.0 Å². The van der Waals surface area contributed by atoms with E-state index in [1.807, 2.05) is 49.4 Å². The molecule has 0 saturated carbocycles. The number of pyridine rings is 1. The first-order chi connectivity index (χ1) is 12.2. The zero-order chi connectivity index (χ0) is 17.4. The molecule has 0 unspecified atom stereocenters. The minimum absolute atomic E-state index is 0.00163. The van der Waals surface area contributed by atoms with Crippen LogP contribution in [0.4, 0.5) is 0 Å². The Balaban J connectivity index is 2.10. The minimum Gasteiger partial charge on any atom is -0.492 e. The summed E-state index contributed by atoms with van der Waals surface area (Å²) in [5, 5.41) is 3.24. The van der Waals surface area contributed by atoms with E-state index in [0.717, 1.165) is 44.1 Å². The molecule has 25 heavy (non-hydrogen) atoms. The van der Waals surface area contributed by atoms with Gasteiger partial charge in [0.05, 0.1) is 17.1 Å². The van der Waals surface area contributed by atoms with E-state index >= 15 is 0 Å². The molecule has 2 heterocycles. The van der Waals surface area contributed by atoms with Crippen molar-refractivity contribution in [2.45, 2.75) is 6.92 Å². The summed E-state index contributed by atoms with van der Waals surface area (Å²) in [6.07, 6.45) is 1.62. The van der Waals surface area contributed by atoms with Crippen LogP contribution in [0.5, 0.6) is 5.75 Å². The summed E-state index contributed by atoms with van der Waals surface area (Å²) >= 11 is 6.17. The van der Waals surface area contributed by atoms with E-state index in [2.05, 4.69) is 9.97 Å². The fourth-order valence-corrected chi connectivity index (χ4v) is 3.58. The van der Waals surface area contributed by atoms with Gasteiger partial charge in [-0.15, -0.1) is 0 Å². The van der Waals surface area contributed by atoms with E-state index in [1.165, 1.54) is 0 Å². The van der Waals surface area contributed by atoms with Gasteiger partial charge in [-0.2, -0.15) is 0 Å². The summed E-state index contributed by atoms with van der Waals surface area (Å²) in [5.41, 5.74) is 3.63. The van der Waals surface area contributed by atoms with Crippen LogP contribution >= 0.6 is 20.1 Å². The van der Waals surface area contributed by atoms with Crippen LogP contribution in [-0.4, -0.2) is 16.6 Å². The Morgan fingerprint density at radius 2 is 2.12 bits per heavy atom. The van der Waals surface area contributed by atoms with Crippen LogP contribution in [-0.2, 0) is 4.57 Å². The third-order valence-electron chi connectivity index (χ3n) is 4.10. The summed E-state index contributed by atoms with van der Waals surface area (Å²) < 4.78 is 17.0. The first kappa shape index (κ1) is 16.1. The summed E-state index contributed by atoms with van der Waals surface area (Å²) in [6, 6.07) is 13.5. The smallest absolute Gasteiger partial charge is 0.192 e. The predicted molar refractivity (Wildman–Crippen MR) is 102 cm³/mol. The molecule has 0 saturated heterocycles. The Kier molecular flexibility index (Phi) is 4.16. The maximum atomic E-state index is 11.2. The van der Waals surface area contributed by atoms with Crippen molar-refractivity contribution in [3.8, 4) is 16.9 Å². The fourth-order valence-electron chi connectivity index (χ4n) is 3.08. The van der Waals surface area contributed by atoms with Crippen molar-refractivity contribution in [3.63, 3.8) is 0 Å². The molecule has 0 aliphatic heterocycles. The Hall–Kier alpha value is -2.42. The minimum atomic E-state index is 0.00163. The van der Waals surface area contributed by atoms with Crippen molar-refractivity contribution < 1.29 is 9.30 Å². The van der Waals surface area contributed by atoms with Gasteiger partial charge >= 0.3 is 0 Å². The largest absolute Gasteiger partial charge is 0.492 e. The van der Waals surface area contributed by atoms with Gasteiger partial charge in [0.1, 0.15) is 11.4 Å². The quantitative estimate of drug-likeness (QED) is 0.494. The molecule has 4 nitrogen and oxygen atoms in total. The lowest BCUT2D eigenvalue weighted by Gasteiger charge is -2.09. The summed E-state index contributed by atoms with van der Waals surface area (Å²) in [4.78, 5) is 7.73. The van der Waals surface area contributed by atoms with E-state index in [1.54, 1.807) is 6.20 Å². The normalized spacial score (nSPS) is 11.4. The van der Waals surface area contributed by atoms with Gasteiger partial charge in [0, 0.05) is 22.3 Å². The number of hydrogen-bond acceptors (Lipinski definition) is 3. The molecule has 0 fully saturated rings. The molecule has 0 aliphatic rings. The molecule has 0 amide bonds. The average molecular weight is 369 g/mol. The van der Waals surface area contributed by atoms with E-state index < -0.39 is 0 Å². The van der Waals surface area contributed by atoms with Gasteiger partial charge in [-0.3, -0.25) is 4.57 Å². The number of benzene rings is 2. The highest BCUT2D eigenvalue weighted by atomic mass is 35.5. The van der Waals surface area contributed by atoms with E-state index in [-0.39, 0.29) is 8.46 Å². The molecule has 1 N–H and O–H groups in total. The molecule has 124 valence electrons. The second kappa shape index (κ2) is 6.47. The molecule has 2 aromatic carbocycles. The van der Waals surface area contributed by atoms with E-state index in [0.29, 0.717) is 11.6 Å². The van der Waals surface area contributed by atoms with Crippen LogP contribution in [0.2, 0.25) is 5.02 Å². The number of nitrogens with zero attached hydrogens (tertiary/aromatic N) is 1. The second-order valence-corrected chi connectivity index (χ2v) is 6.75. The van der Waals surface area contributed by atoms with Crippen LogP contribution in [0, 0.1) is 0 Å². The highest BCUT2D eigenvalue weighted by molar-refractivity contribution is 7.34. The standard InChI is InChI=1S/C19H14ClN2O2P/c1-2-24-16-7-6-14(11-4-3-5-13(8-11)25-23)17-15-9-12(20)10-21-19(15)22-18(16)17/h3-10H,2H2,1H3,(H,21,22). The molecule has 4 rings (SSSR count). The zero-order valence-corrected chi connectivity index (χ0v) is 15.1. The molecule has 0 spiro atoms. The van der Waals surface area contributed by atoms with Gasteiger partial charge in [0.2, 0.25) is 0 Å². The first-order valence-electron chi connectivity index (χ1n) is 7.87. The van der Waals surface area contributed by atoms with Crippen molar-refractivity contribution >= 4 is 47.3 Å². The van der Waals surface area contributed by atoms with Crippen molar-refractivity contribution in [2.75, 3.05) is 6.61 Å². The fraction of sp³-hybridized carbons (Fsp3) is 0.105. The van der Waals surface area contributed by atoms with Gasteiger partial charge in [-0.1, -0.05) is 23.7 Å². The van der Waals surface area contributed by atoms with Gasteiger partial charge in [0.15, 0.2) is 8.46 Å². The molecule has 0 atom stereocenters. The summed E-state index contributed by atoms with van der Waals surface area (Å²) in [7, 11) is 0.00163.